The van der Waals surface area contributed by atoms with Crippen molar-refractivity contribution in [2.24, 2.45) is 11.7 Å². The zero-order valence-electron chi connectivity index (χ0n) is 13.3. The zero-order valence-corrected chi connectivity index (χ0v) is 13.3. The number of fused-ring (bicyclic) bond motifs is 1. The van der Waals surface area contributed by atoms with E-state index >= 15 is 0 Å². The van der Waals surface area contributed by atoms with Crippen LogP contribution in [0.15, 0.2) is 47.3 Å². The van der Waals surface area contributed by atoms with Crippen LogP contribution in [-0.4, -0.2) is 9.55 Å². The highest BCUT2D eigenvalue weighted by molar-refractivity contribution is 5.84. The Morgan fingerprint density at radius 3 is 2.60 bits per heavy atom. The molecule has 0 amide bonds. The number of hydrogen-bond donors (Lipinski definition) is 1. The maximum Gasteiger partial charge on any atom is 0.267 e. The number of nitrogens with zero attached hydrogens (tertiary/aromatic N) is 3. The van der Waals surface area contributed by atoms with Crippen molar-refractivity contribution in [3.05, 3.63) is 70.0 Å². The molecular weight excluding hydrogens is 319 g/mol. The highest BCUT2D eigenvalue weighted by atomic mass is 19.1. The van der Waals surface area contributed by atoms with Crippen molar-refractivity contribution in [1.82, 2.24) is 9.55 Å². The van der Waals surface area contributed by atoms with Crippen molar-refractivity contribution in [2.45, 2.75) is 18.9 Å². The van der Waals surface area contributed by atoms with E-state index in [9.17, 15) is 14.4 Å². The Morgan fingerprint density at radius 1 is 1.24 bits per heavy atom. The first-order valence-corrected chi connectivity index (χ1v) is 8.08. The van der Waals surface area contributed by atoms with Gasteiger partial charge in [-0.25, -0.2) is 9.37 Å². The molecule has 1 aliphatic carbocycles. The zero-order chi connectivity index (χ0) is 17.6. The van der Waals surface area contributed by atoms with Crippen LogP contribution in [0.3, 0.4) is 0 Å². The van der Waals surface area contributed by atoms with Crippen LogP contribution in [0.4, 0.5) is 4.39 Å². The summed E-state index contributed by atoms with van der Waals surface area (Å²) in [5.41, 5.74) is 6.44. The summed E-state index contributed by atoms with van der Waals surface area (Å²) in [6, 6.07) is 12.9. The smallest absolute Gasteiger partial charge is 0.267 e. The van der Waals surface area contributed by atoms with Crippen molar-refractivity contribution in [2.75, 3.05) is 0 Å². The first-order valence-electron chi connectivity index (χ1n) is 8.08. The molecule has 4 rings (SSSR count). The summed E-state index contributed by atoms with van der Waals surface area (Å²) in [6.45, 7) is 0. The van der Waals surface area contributed by atoms with Gasteiger partial charge in [0.25, 0.3) is 5.56 Å². The van der Waals surface area contributed by atoms with Gasteiger partial charge in [-0.05, 0) is 43.0 Å². The normalized spacial score (nSPS) is 15.1. The van der Waals surface area contributed by atoms with E-state index in [1.165, 1.54) is 10.6 Å². The van der Waals surface area contributed by atoms with E-state index in [1.54, 1.807) is 24.3 Å². The monoisotopic (exact) mass is 334 g/mol. The summed E-state index contributed by atoms with van der Waals surface area (Å²) in [5.74, 6) is -0.0581. The highest BCUT2D eigenvalue weighted by Crippen LogP contribution is 2.39. The minimum atomic E-state index is -0.629. The van der Waals surface area contributed by atoms with Crippen molar-refractivity contribution in [3.8, 4) is 11.8 Å². The Hall–Kier alpha value is -3.04. The number of nitrogens with two attached hydrogens (primary N) is 1. The van der Waals surface area contributed by atoms with Gasteiger partial charge in [-0.2, -0.15) is 5.26 Å². The number of nitriles is 1. The summed E-state index contributed by atoms with van der Waals surface area (Å²) >= 11 is 0. The lowest BCUT2D eigenvalue weighted by atomic mass is 10.1. The van der Waals surface area contributed by atoms with E-state index in [0.29, 0.717) is 11.5 Å². The average molecular weight is 334 g/mol. The van der Waals surface area contributed by atoms with Gasteiger partial charge in [0.1, 0.15) is 23.2 Å². The van der Waals surface area contributed by atoms with Gasteiger partial charge in [0.15, 0.2) is 0 Å². The Bertz CT molecular complexity index is 1060. The number of halogens is 1. The van der Waals surface area contributed by atoms with Crippen LogP contribution in [0.5, 0.6) is 0 Å². The van der Waals surface area contributed by atoms with Crippen LogP contribution in [0.1, 0.15) is 30.3 Å². The average Bonchev–Trinajstić information content (AvgIpc) is 3.47. The van der Waals surface area contributed by atoms with Crippen LogP contribution in [0, 0.1) is 23.1 Å². The maximum atomic E-state index is 14.3. The lowest BCUT2D eigenvalue weighted by molar-refractivity contribution is 0.570. The Kier molecular flexibility index (Phi) is 3.59. The number of hydrogen-bond acceptors (Lipinski definition) is 4. The molecule has 3 aromatic rings. The SMILES string of the molecule is N#Cc1ccc(F)c2nc(C(N)C3CC3)n(-c3ccccc3)c(=O)c12. The summed E-state index contributed by atoms with van der Waals surface area (Å²) in [6.07, 6.45) is 1.93. The quantitative estimate of drug-likeness (QED) is 0.798. The molecule has 0 radical (unpaired) electrons. The molecule has 2 aromatic carbocycles. The van der Waals surface area contributed by atoms with Gasteiger partial charge in [-0.3, -0.25) is 9.36 Å². The first kappa shape index (κ1) is 15.5. The Balaban J connectivity index is 2.13. The third kappa shape index (κ3) is 2.49. The standard InChI is InChI=1S/C19H15FN4O/c20-14-9-8-12(10-21)15-17(14)23-18(16(22)11-6-7-11)24(19(15)25)13-4-2-1-3-5-13/h1-5,8-9,11,16H,6-7,22H2. The minimum absolute atomic E-state index is 0.0156. The maximum absolute atomic E-state index is 14.3. The minimum Gasteiger partial charge on any atom is -0.321 e. The predicted molar refractivity (Wildman–Crippen MR) is 91.7 cm³/mol. The number of aromatic nitrogens is 2. The molecule has 1 aliphatic rings. The Labute approximate surface area is 143 Å². The summed E-state index contributed by atoms with van der Waals surface area (Å²) < 4.78 is 15.7. The molecule has 0 spiro atoms. The fourth-order valence-corrected chi connectivity index (χ4v) is 3.08. The molecule has 6 heteroatoms. The topological polar surface area (TPSA) is 84.7 Å². The number of rotatable bonds is 3. The molecule has 1 aromatic heterocycles. The molecule has 124 valence electrons. The lowest BCUT2D eigenvalue weighted by Gasteiger charge is -2.18. The summed E-state index contributed by atoms with van der Waals surface area (Å²) in [4.78, 5) is 17.6. The van der Waals surface area contributed by atoms with E-state index in [0.717, 1.165) is 18.9 Å². The predicted octanol–water partition coefficient (Wildman–Crippen LogP) is 2.81. The highest BCUT2D eigenvalue weighted by Gasteiger charge is 2.33. The molecule has 1 fully saturated rings. The van der Waals surface area contributed by atoms with E-state index in [-0.39, 0.29) is 22.4 Å². The molecule has 0 aliphatic heterocycles. The summed E-state index contributed by atoms with van der Waals surface area (Å²) in [7, 11) is 0. The van der Waals surface area contributed by atoms with Gasteiger partial charge < -0.3 is 5.73 Å². The second-order valence-electron chi connectivity index (χ2n) is 6.24. The fourth-order valence-electron chi connectivity index (χ4n) is 3.08. The van der Waals surface area contributed by atoms with E-state index < -0.39 is 17.4 Å². The second kappa shape index (κ2) is 5.80. The molecule has 0 bridgehead atoms. The third-order valence-corrected chi connectivity index (χ3v) is 4.56. The number of para-hydroxylation sites is 1. The van der Waals surface area contributed by atoms with Crippen LogP contribution in [-0.2, 0) is 0 Å². The second-order valence-corrected chi connectivity index (χ2v) is 6.24. The van der Waals surface area contributed by atoms with Gasteiger partial charge in [-0.15, -0.1) is 0 Å². The van der Waals surface area contributed by atoms with E-state index in [4.69, 9.17) is 5.73 Å². The molecular formula is C19H15FN4O. The van der Waals surface area contributed by atoms with Crippen molar-refractivity contribution < 1.29 is 4.39 Å². The number of benzene rings is 2. The molecule has 25 heavy (non-hydrogen) atoms. The van der Waals surface area contributed by atoms with Gasteiger partial charge >= 0.3 is 0 Å². The van der Waals surface area contributed by atoms with Crippen LogP contribution in [0.2, 0.25) is 0 Å². The lowest BCUT2D eigenvalue weighted by Crippen LogP contribution is -2.30. The Morgan fingerprint density at radius 2 is 1.96 bits per heavy atom. The van der Waals surface area contributed by atoms with Crippen LogP contribution >= 0.6 is 0 Å². The fraction of sp³-hybridized carbons (Fsp3) is 0.211. The van der Waals surface area contributed by atoms with Gasteiger partial charge in [0, 0.05) is 0 Å². The molecule has 5 nitrogen and oxygen atoms in total. The molecule has 1 atom stereocenters. The van der Waals surface area contributed by atoms with Crippen molar-refractivity contribution in [1.29, 1.82) is 5.26 Å². The molecule has 1 unspecified atom stereocenters. The van der Waals surface area contributed by atoms with Gasteiger partial charge in [0.2, 0.25) is 0 Å². The molecule has 0 saturated heterocycles. The summed E-state index contributed by atoms with van der Waals surface area (Å²) in [5, 5.41) is 9.30. The van der Waals surface area contributed by atoms with Crippen molar-refractivity contribution >= 4 is 10.9 Å². The molecule has 2 N–H and O–H groups in total. The van der Waals surface area contributed by atoms with Gasteiger partial charge in [-0.1, -0.05) is 18.2 Å². The van der Waals surface area contributed by atoms with Gasteiger partial charge in [0.05, 0.1) is 22.7 Å². The molecule has 1 saturated carbocycles. The first-order chi connectivity index (χ1) is 12.1. The van der Waals surface area contributed by atoms with Crippen LogP contribution in [0.25, 0.3) is 16.6 Å². The third-order valence-electron chi connectivity index (χ3n) is 4.56. The van der Waals surface area contributed by atoms with E-state index in [2.05, 4.69) is 4.98 Å². The molecule has 1 heterocycles. The van der Waals surface area contributed by atoms with Crippen LogP contribution < -0.4 is 11.3 Å². The largest absolute Gasteiger partial charge is 0.321 e. The van der Waals surface area contributed by atoms with E-state index in [1.807, 2.05) is 12.1 Å². The van der Waals surface area contributed by atoms with Crippen molar-refractivity contribution in [3.63, 3.8) is 0 Å².